The number of aliphatic carboxylic acids is 1. The fourth-order valence-corrected chi connectivity index (χ4v) is 2.42. The molecule has 1 aromatic heterocycles. The molecule has 5 nitrogen and oxygen atoms in total. The second-order valence-corrected chi connectivity index (χ2v) is 5.70. The van der Waals surface area contributed by atoms with E-state index in [4.69, 9.17) is 4.42 Å². The first kappa shape index (κ1) is 13.6. The quantitative estimate of drug-likeness (QED) is 0.910. The van der Waals surface area contributed by atoms with Gasteiger partial charge in [0.2, 0.25) is 0 Å². The number of hydrogen-bond acceptors (Lipinski definition) is 3. The maximum absolute atomic E-state index is 12.4. The molecule has 1 N–H and O–H groups in total. The van der Waals surface area contributed by atoms with Crippen LogP contribution < -0.4 is 0 Å². The van der Waals surface area contributed by atoms with E-state index in [0.29, 0.717) is 24.3 Å². The highest BCUT2D eigenvalue weighted by Gasteiger charge is 2.42. The summed E-state index contributed by atoms with van der Waals surface area (Å²) in [4.78, 5) is 25.2. The Kier molecular flexibility index (Phi) is 3.39. The van der Waals surface area contributed by atoms with Crippen LogP contribution in [-0.4, -0.2) is 35.0 Å². The molecule has 1 aromatic rings. The Labute approximate surface area is 112 Å². The molecule has 1 unspecified atom stereocenters. The second kappa shape index (κ2) is 4.72. The van der Waals surface area contributed by atoms with Gasteiger partial charge < -0.3 is 14.4 Å². The van der Waals surface area contributed by atoms with E-state index in [1.54, 1.807) is 17.9 Å². The van der Waals surface area contributed by atoms with Gasteiger partial charge in [-0.3, -0.25) is 9.59 Å². The Balaban J connectivity index is 2.18. The number of hydrogen-bond donors (Lipinski definition) is 1. The number of rotatable bonds is 3. The molecule has 0 radical (unpaired) electrons. The fraction of sp³-hybridized carbons (Fsp3) is 0.571. The van der Waals surface area contributed by atoms with E-state index in [9.17, 15) is 14.7 Å². The van der Waals surface area contributed by atoms with Crippen molar-refractivity contribution in [2.45, 2.75) is 33.1 Å². The minimum Gasteiger partial charge on any atom is -0.481 e. The van der Waals surface area contributed by atoms with Crippen molar-refractivity contribution in [3.8, 4) is 0 Å². The molecule has 5 heteroatoms. The molecule has 1 saturated heterocycles. The normalized spacial score (nSPS) is 23.1. The summed E-state index contributed by atoms with van der Waals surface area (Å²) in [5, 5.41) is 9.19. The minimum atomic E-state index is -0.848. The van der Waals surface area contributed by atoms with Gasteiger partial charge in [-0.25, -0.2) is 0 Å². The lowest BCUT2D eigenvalue weighted by Crippen LogP contribution is -2.35. The average Bonchev–Trinajstić information content (AvgIpc) is 2.95. The average molecular weight is 265 g/mol. The van der Waals surface area contributed by atoms with Gasteiger partial charge in [-0.15, -0.1) is 0 Å². The van der Waals surface area contributed by atoms with Gasteiger partial charge in [-0.05, 0) is 19.4 Å². The molecule has 1 aliphatic heterocycles. The van der Waals surface area contributed by atoms with Gasteiger partial charge in [0.15, 0.2) is 0 Å². The Hall–Kier alpha value is -1.78. The molecular formula is C14H19NO4. The van der Waals surface area contributed by atoms with Gasteiger partial charge >= 0.3 is 5.97 Å². The molecule has 0 bridgehead atoms. The summed E-state index contributed by atoms with van der Waals surface area (Å²) in [7, 11) is 0. The predicted octanol–water partition coefficient (Wildman–Crippen LogP) is 2.34. The number of carboxylic acid groups (broad SMARTS) is 1. The van der Waals surface area contributed by atoms with Crippen molar-refractivity contribution < 1.29 is 19.1 Å². The summed E-state index contributed by atoms with van der Waals surface area (Å²) in [6.45, 7) is 6.33. The van der Waals surface area contributed by atoms with E-state index in [1.165, 1.54) is 6.26 Å². The van der Waals surface area contributed by atoms with Crippen molar-refractivity contribution in [1.29, 1.82) is 0 Å². The zero-order chi connectivity index (χ0) is 14.2. The van der Waals surface area contributed by atoms with Crippen LogP contribution in [0, 0.1) is 5.41 Å². The molecule has 2 rings (SSSR count). The van der Waals surface area contributed by atoms with Gasteiger partial charge in [-0.2, -0.15) is 0 Å². The maximum atomic E-state index is 12.4. The third kappa shape index (κ3) is 2.37. The summed E-state index contributed by atoms with van der Waals surface area (Å²) >= 11 is 0. The van der Waals surface area contributed by atoms with Gasteiger partial charge in [0.25, 0.3) is 5.91 Å². The highest BCUT2D eigenvalue weighted by Crippen LogP contribution is 2.32. The number of nitrogens with zero attached hydrogens (tertiary/aromatic N) is 1. The molecule has 0 spiro atoms. The Bertz CT molecular complexity index is 505. The number of likely N-dealkylation sites (tertiary alicyclic amines) is 1. The molecule has 0 saturated carbocycles. The zero-order valence-corrected chi connectivity index (χ0v) is 11.5. The topological polar surface area (TPSA) is 70.8 Å². The molecular weight excluding hydrogens is 246 g/mol. The van der Waals surface area contributed by atoms with Crippen molar-refractivity contribution in [1.82, 2.24) is 4.90 Å². The van der Waals surface area contributed by atoms with E-state index in [2.05, 4.69) is 0 Å². The Morgan fingerprint density at radius 2 is 2.16 bits per heavy atom. The van der Waals surface area contributed by atoms with E-state index in [-0.39, 0.29) is 18.4 Å². The Morgan fingerprint density at radius 1 is 1.47 bits per heavy atom. The Morgan fingerprint density at radius 3 is 2.68 bits per heavy atom. The molecule has 1 fully saturated rings. The lowest BCUT2D eigenvalue weighted by Gasteiger charge is -2.20. The van der Waals surface area contributed by atoms with Crippen molar-refractivity contribution >= 4 is 11.9 Å². The van der Waals surface area contributed by atoms with Gasteiger partial charge in [-0.1, -0.05) is 13.8 Å². The van der Waals surface area contributed by atoms with Crippen molar-refractivity contribution in [2.75, 3.05) is 13.1 Å². The van der Waals surface area contributed by atoms with Crippen LogP contribution in [0.15, 0.2) is 16.7 Å². The fourth-order valence-electron chi connectivity index (χ4n) is 2.42. The summed E-state index contributed by atoms with van der Waals surface area (Å²) in [5.41, 5.74) is -0.290. The lowest BCUT2D eigenvalue weighted by atomic mass is 9.90. The molecule has 1 atom stereocenters. The first-order valence-electron chi connectivity index (χ1n) is 6.45. The second-order valence-electron chi connectivity index (χ2n) is 5.70. The molecule has 0 aliphatic carbocycles. The maximum Gasteiger partial charge on any atom is 0.311 e. The smallest absolute Gasteiger partial charge is 0.311 e. The van der Waals surface area contributed by atoms with Gasteiger partial charge in [0, 0.05) is 19.0 Å². The lowest BCUT2D eigenvalue weighted by molar-refractivity contribution is -0.147. The van der Waals surface area contributed by atoms with Crippen LogP contribution in [0.3, 0.4) is 0 Å². The number of carboxylic acids is 1. The highest BCUT2D eigenvalue weighted by atomic mass is 16.4. The van der Waals surface area contributed by atoms with E-state index >= 15 is 0 Å². The third-order valence-electron chi connectivity index (χ3n) is 3.73. The van der Waals surface area contributed by atoms with Crippen LogP contribution in [0.4, 0.5) is 0 Å². The minimum absolute atomic E-state index is 0.127. The summed E-state index contributed by atoms with van der Waals surface area (Å²) in [6.07, 6.45) is 2.00. The van der Waals surface area contributed by atoms with E-state index < -0.39 is 11.4 Å². The van der Waals surface area contributed by atoms with Crippen LogP contribution >= 0.6 is 0 Å². The number of carbonyl (C=O) groups excluding carboxylic acids is 1. The largest absolute Gasteiger partial charge is 0.481 e. The van der Waals surface area contributed by atoms with Crippen LogP contribution in [0.1, 0.15) is 49.2 Å². The molecule has 1 aliphatic rings. The van der Waals surface area contributed by atoms with Crippen molar-refractivity contribution in [3.63, 3.8) is 0 Å². The standard InChI is InChI=1S/C14H19NO4/c1-9(2)11-10(4-7-19-11)12(16)15-6-5-14(3,8-15)13(17)18/h4,7,9H,5-6,8H2,1-3H3,(H,17,18). The van der Waals surface area contributed by atoms with Crippen molar-refractivity contribution in [3.05, 3.63) is 23.7 Å². The monoisotopic (exact) mass is 265 g/mol. The predicted molar refractivity (Wildman–Crippen MR) is 69.1 cm³/mol. The van der Waals surface area contributed by atoms with Crippen LogP contribution in [0.5, 0.6) is 0 Å². The van der Waals surface area contributed by atoms with Crippen LogP contribution in [0.2, 0.25) is 0 Å². The SMILES string of the molecule is CC(C)c1occc1C(=O)N1CCC(C)(C(=O)O)C1. The van der Waals surface area contributed by atoms with Crippen LogP contribution in [0.25, 0.3) is 0 Å². The van der Waals surface area contributed by atoms with Crippen molar-refractivity contribution in [2.24, 2.45) is 5.41 Å². The molecule has 1 amide bonds. The molecule has 19 heavy (non-hydrogen) atoms. The molecule has 0 aromatic carbocycles. The first-order valence-corrected chi connectivity index (χ1v) is 6.45. The van der Waals surface area contributed by atoms with E-state index in [1.807, 2.05) is 13.8 Å². The third-order valence-corrected chi connectivity index (χ3v) is 3.73. The number of carbonyl (C=O) groups is 2. The highest BCUT2D eigenvalue weighted by molar-refractivity contribution is 5.96. The molecule has 104 valence electrons. The zero-order valence-electron chi connectivity index (χ0n) is 11.5. The molecule has 2 heterocycles. The number of furan rings is 1. The van der Waals surface area contributed by atoms with E-state index in [0.717, 1.165) is 0 Å². The number of amides is 1. The summed E-state index contributed by atoms with van der Waals surface area (Å²) < 4.78 is 5.34. The summed E-state index contributed by atoms with van der Waals surface area (Å²) in [5.74, 6) is -0.196. The first-order chi connectivity index (χ1) is 8.85. The van der Waals surface area contributed by atoms with Gasteiger partial charge in [0.1, 0.15) is 5.76 Å². The summed E-state index contributed by atoms with van der Waals surface area (Å²) in [6, 6.07) is 1.66. The van der Waals surface area contributed by atoms with Gasteiger partial charge in [0.05, 0.1) is 17.2 Å². The van der Waals surface area contributed by atoms with Crippen LogP contribution in [-0.2, 0) is 4.79 Å².